The lowest BCUT2D eigenvalue weighted by atomic mass is 10.0. The number of benzene rings is 3. The molecule has 5 nitrogen and oxygen atoms in total. The molecule has 4 rings (SSSR count). The fourth-order valence-corrected chi connectivity index (χ4v) is 4.98. The summed E-state index contributed by atoms with van der Waals surface area (Å²) in [6.45, 7) is -0.410. The van der Waals surface area contributed by atoms with Gasteiger partial charge in [-0.05, 0) is 71.4 Å². The SMILES string of the molecule is CSCCC(NC(=O)c1ccc(Cl)cc1Cl)C(=O)OCC(=O)c1ccc2c(c1)-c1ccccc1C2. The second kappa shape index (κ2) is 11.3. The van der Waals surface area contributed by atoms with E-state index in [-0.39, 0.29) is 16.4 Å². The second-order valence-electron chi connectivity index (χ2n) is 8.17. The smallest absolute Gasteiger partial charge is 0.329 e. The Balaban J connectivity index is 1.41. The molecular formula is C27H23Cl2NO4S. The number of halogens is 2. The van der Waals surface area contributed by atoms with Gasteiger partial charge in [0.1, 0.15) is 6.04 Å². The maximum absolute atomic E-state index is 12.8. The summed E-state index contributed by atoms with van der Waals surface area (Å²) in [5, 5.41) is 3.25. The van der Waals surface area contributed by atoms with Gasteiger partial charge < -0.3 is 10.1 Å². The van der Waals surface area contributed by atoms with Gasteiger partial charge in [-0.2, -0.15) is 11.8 Å². The Kier molecular flexibility index (Phi) is 8.16. The maximum atomic E-state index is 12.8. The molecule has 0 saturated carbocycles. The van der Waals surface area contributed by atoms with Crippen LogP contribution in [-0.4, -0.2) is 42.3 Å². The number of rotatable bonds is 9. The van der Waals surface area contributed by atoms with E-state index in [9.17, 15) is 14.4 Å². The van der Waals surface area contributed by atoms with Crippen molar-refractivity contribution >= 4 is 52.6 Å². The van der Waals surface area contributed by atoms with E-state index < -0.39 is 24.5 Å². The summed E-state index contributed by atoms with van der Waals surface area (Å²) >= 11 is 13.6. The minimum atomic E-state index is -0.915. The molecule has 0 aliphatic heterocycles. The summed E-state index contributed by atoms with van der Waals surface area (Å²) in [4.78, 5) is 38.3. The number of carbonyl (C=O) groups is 3. The number of ketones is 1. The number of Topliss-reactive ketones (excluding diaryl/α,β-unsaturated/α-hetero) is 1. The van der Waals surface area contributed by atoms with Crippen molar-refractivity contribution in [2.75, 3.05) is 18.6 Å². The number of ether oxygens (including phenoxy) is 1. The van der Waals surface area contributed by atoms with Crippen molar-refractivity contribution in [3.63, 3.8) is 0 Å². The molecule has 8 heteroatoms. The van der Waals surface area contributed by atoms with Gasteiger partial charge in [-0.15, -0.1) is 0 Å². The van der Waals surface area contributed by atoms with E-state index in [1.807, 2.05) is 36.6 Å². The van der Waals surface area contributed by atoms with Crippen molar-refractivity contribution in [1.82, 2.24) is 5.32 Å². The van der Waals surface area contributed by atoms with Gasteiger partial charge in [-0.3, -0.25) is 9.59 Å². The molecular weight excluding hydrogens is 505 g/mol. The fraction of sp³-hybridized carbons (Fsp3) is 0.222. The normalized spacial score (nSPS) is 12.4. The first-order valence-electron chi connectivity index (χ1n) is 11.0. The topological polar surface area (TPSA) is 72.5 Å². The van der Waals surface area contributed by atoms with Crippen molar-refractivity contribution in [3.05, 3.63) is 93.0 Å². The van der Waals surface area contributed by atoms with Gasteiger partial charge in [0, 0.05) is 10.6 Å². The molecule has 0 radical (unpaired) electrons. The van der Waals surface area contributed by atoms with Crippen LogP contribution in [-0.2, 0) is 16.0 Å². The lowest BCUT2D eigenvalue weighted by molar-refractivity contribution is -0.144. The van der Waals surface area contributed by atoms with E-state index in [0.717, 1.165) is 17.5 Å². The molecule has 0 heterocycles. The van der Waals surface area contributed by atoms with Crippen LogP contribution in [0, 0.1) is 0 Å². The molecule has 0 saturated heterocycles. The Hall–Kier alpha value is -2.80. The molecule has 3 aromatic rings. The van der Waals surface area contributed by atoms with Crippen molar-refractivity contribution < 1.29 is 19.1 Å². The summed E-state index contributed by atoms with van der Waals surface area (Å²) < 4.78 is 5.33. The molecule has 0 fully saturated rings. The number of esters is 1. The maximum Gasteiger partial charge on any atom is 0.329 e. The fourth-order valence-electron chi connectivity index (χ4n) is 4.01. The zero-order valence-corrected chi connectivity index (χ0v) is 21.3. The zero-order chi connectivity index (χ0) is 24.9. The standard InChI is InChI=1S/C27H23Cl2NO4S/c1-35-11-10-24(30-26(32)21-9-8-19(28)14-23(21)29)27(33)34-15-25(31)18-7-6-17-12-16-4-2-3-5-20(16)22(17)13-18/h2-9,13-14,24H,10-12,15H2,1H3,(H,30,32). The van der Waals surface area contributed by atoms with Crippen molar-refractivity contribution in [1.29, 1.82) is 0 Å². The molecule has 0 spiro atoms. The largest absolute Gasteiger partial charge is 0.456 e. The molecule has 1 atom stereocenters. The van der Waals surface area contributed by atoms with Crippen molar-refractivity contribution in [2.24, 2.45) is 0 Å². The van der Waals surface area contributed by atoms with Gasteiger partial charge in [0.15, 0.2) is 12.4 Å². The third-order valence-electron chi connectivity index (χ3n) is 5.84. The van der Waals surface area contributed by atoms with Gasteiger partial charge in [0.05, 0.1) is 10.6 Å². The Morgan fingerprint density at radius 3 is 2.54 bits per heavy atom. The van der Waals surface area contributed by atoms with E-state index >= 15 is 0 Å². The average molecular weight is 528 g/mol. The number of fused-ring (bicyclic) bond motifs is 3. The summed E-state index contributed by atoms with van der Waals surface area (Å²) in [5.41, 5.74) is 5.23. The first-order chi connectivity index (χ1) is 16.9. The van der Waals surface area contributed by atoms with Crippen molar-refractivity contribution in [3.8, 4) is 11.1 Å². The first-order valence-corrected chi connectivity index (χ1v) is 13.2. The van der Waals surface area contributed by atoms with Gasteiger partial charge in [-0.1, -0.05) is 59.6 Å². The van der Waals surface area contributed by atoms with Crippen LogP contribution >= 0.6 is 35.0 Å². The minimum Gasteiger partial charge on any atom is -0.456 e. The number of carbonyl (C=O) groups excluding carboxylic acids is 3. The molecule has 0 aromatic heterocycles. The summed E-state index contributed by atoms with van der Waals surface area (Å²) in [5.74, 6) is -0.871. The molecule has 0 bridgehead atoms. The van der Waals surface area contributed by atoms with E-state index in [4.69, 9.17) is 27.9 Å². The van der Waals surface area contributed by atoms with Crippen LogP contribution in [0.15, 0.2) is 60.7 Å². The highest BCUT2D eigenvalue weighted by molar-refractivity contribution is 7.98. The number of thioether (sulfide) groups is 1. The van der Waals surface area contributed by atoms with Crippen LogP contribution in [0.3, 0.4) is 0 Å². The molecule has 1 aliphatic carbocycles. The minimum absolute atomic E-state index is 0.181. The number of nitrogens with one attached hydrogen (secondary N) is 1. The third kappa shape index (κ3) is 5.89. The number of hydrogen-bond acceptors (Lipinski definition) is 5. The lowest BCUT2D eigenvalue weighted by Gasteiger charge is -2.18. The molecule has 3 aromatic carbocycles. The van der Waals surface area contributed by atoms with Gasteiger partial charge in [0.2, 0.25) is 0 Å². The van der Waals surface area contributed by atoms with Crippen LogP contribution in [0.2, 0.25) is 10.0 Å². The highest BCUT2D eigenvalue weighted by Gasteiger charge is 2.25. The molecule has 35 heavy (non-hydrogen) atoms. The zero-order valence-electron chi connectivity index (χ0n) is 19.0. The van der Waals surface area contributed by atoms with E-state index in [1.165, 1.54) is 35.0 Å². The van der Waals surface area contributed by atoms with Crippen LogP contribution in [0.4, 0.5) is 0 Å². The summed E-state index contributed by atoms with van der Waals surface area (Å²) in [6.07, 6.45) is 3.08. The van der Waals surface area contributed by atoms with Crippen LogP contribution in [0.25, 0.3) is 11.1 Å². The number of amides is 1. The highest BCUT2D eigenvalue weighted by atomic mass is 35.5. The average Bonchev–Trinajstić information content (AvgIpc) is 3.22. The Morgan fingerprint density at radius 2 is 1.77 bits per heavy atom. The predicted molar refractivity (Wildman–Crippen MR) is 141 cm³/mol. The molecule has 1 aliphatic rings. The first kappa shape index (κ1) is 25.3. The molecule has 1 N–H and O–H groups in total. The van der Waals surface area contributed by atoms with Crippen LogP contribution in [0.5, 0.6) is 0 Å². The van der Waals surface area contributed by atoms with Crippen LogP contribution in [0.1, 0.15) is 38.3 Å². The highest BCUT2D eigenvalue weighted by Crippen LogP contribution is 2.36. The van der Waals surface area contributed by atoms with E-state index in [1.54, 1.807) is 12.1 Å². The molecule has 1 unspecified atom stereocenters. The second-order valence-corrected chi connectivity index (χ2v) is 10.00. The predicted octanol–water partition coefficient (Wildman–Crippen LogP) is 5.84. The van der Waals surface area contributed by atoms with E-state index in [2.05, 4.69) is 11.4 Å². The van der Waals surface area contributed by atoms with Gasteiger partial charge in [-0.25, -0.2) is 4.79 Å². The van der Waals surface area contributed by atoms with Gasteiger partial charge in [0.25, 0.3) is 5.91 Å². The van der Waals surface area contributed by atoms with Crippen LogP contribution < -0.4 is 5.32 Å². The van der Waals surface area contributed by atoms with Crippen molar-refractivity contribution in [2.45, 2.75) is 18.9 Å². The summed E-state index contributed by atoms with van der Waals surface area (Å²) in [6, 6.07) is 17.2. The quantitative estimate of drug-likeness (QED) is 0.218. The Labute approximate surface area is 218 Å². The van der Waals surface area contributed by atoms with Gasteiger partial charge >= 0.3 is 5.97 Å². The molecule has 180 valence electrons. The number of hydrogen-bond donors (Lipinski definition) is 1. The lowest BCUT2D eigenvalue weighted by Crippen LogP contribution is -2.42. The van der Waals surface area contributed by atoms with E-state index in [0.29, 0.717) is 22.8 Å². The monoisotopic (exact) mass is 527 g/mol. The third-order valence-corrected chi connectivity index (χ3v) is 7.03. The molecule has 1 amide bonds. The Bertz CT molecular complexity index is 1290. The Morgan fingerprint density at radius 1 is 1.00 bits per heavy atom. The summed E-state index contributed by atoms with van der Waals surface area (Å²) in [7, 11) is 0.